The Hall–Kier alpha value is -2.16. The summed E-state index contributed by atoms with van der Waals surface area (Å²) in [5.41, 5.74) is 0.754. The minimum atomic E-state index is -3.71. The summed E-state index contributed by atoms with van der Waals surface area (Å²) in [6.45, 7) is 1.18. The van der Waals surface area contributed by atoms with Gasteiger partial charge in [-0.25, -0.2) is 8.42 Å². The Morgan fingerprint density at radius 3 is 2.50 bits per heavy atom. The number of anilines is 1. The Morgan fingerprint density at radius 1 is 1.15 bits per heavy atom. The summed E-state index contributed by atoms with van der Waals surface area (Å²) in [5, 5.41) is 14.9. The molecule has 9 heteroatoms. The van der Waals surface area contributed by atoms with Gasteiger partial charge >= 0.3 is 0 Å². The SMILES string of the molecule is O=[N+]([O-])c1cc(S(=O)(=O)N2CCCC2)ccc1NCc1ccccc1Cl. The summed E-state index contributed by atoms with van der Waals surface area (Å²) in [6, 6.07) is 11.1. The van der Waals surface area contributed by atoms with Crippen molar-refractivity contribution in [3.63, 3.8) is 0 Å². The molecular weight excluding hydrogens is 378 g/mol. The second-order valence-corrected chi connectivity index (χ2v) is 8.34. The maximum absolute atomic E-state index is 12.6. The molecule has 0 spiro atoms. The third-order valence-electron chi connectivity index (χ3n) is 4.30. The molecule has 1 fully saturated rings. The lowest BCUT2D eigenvalue weighted by molar-refractivity contribution is -0.384. The zero-order valence-corrected chi connectivity index (χ0v) is 15.5. The van der Waals surface area contributed by atoms with E-state index in [2.05, 4.69) is 5.32 Å². The highest BCUT2D eigenvalue weighted by Crippen LogP contribution is 2.30. The molecule has 138 valence electrons. The molecule has 1 saturated heterocycles. The molecule has 0 bridgehead atoms. The first-order valence-electron chi connectivity index (χ1n) is 8.15. The largest absolute Gasteiger partial charge is 0.375 e. The zero-order chi connectivity index (χ0) is 18.7. The topological polar surface area (TPSA) is 92.5 Å². The third kappa shape index (κ3) is 3.82. The Bertz CT molecular complexity index is 927. The molecule has 0 radical (unpaired) electrons. The molecule has 26 heavy (non-hydrogen) atoms. The minimum absolute atomic E-state index is 0.0607. The quantitative estimate of drug-likeness (QED) is 0.595. The number of halogens is 1. The normalized spacial score (nSPS) is 15.1. The Labute approximate surface area is 156 Å². The molecule has 0 unspecified atom stereocenters. The van der Waals surface area contributed by atoms with Crippen molar-refractivity contribution < 1.29 is 13.3 Å². The number of nitro benzene ring substituents is 1. The number of rotatable bonds is 6. The number of benzene rings is 2. The summed E-state index contributed by atoms with van der Waals surface area (Å²) in [6.07, 6.45) is 1.61. The van der Waals surface area contributed by atoms with Crippen molar-refractivity contribution in [2.45, 2.75) is 24.3 Å². The first kappa shape index (κ1) is 18.6. The van der Waals surface area contributed by atoms with Crippen LogP contribution in [0, 0.1) is 10.1 Å². The van der Waals surface area contributed by atoms with E-state index in [1.54, 1.807) is 12.1 Å². The van der Waals surface area contributed by atoms with Crippen LogP contribution in [0.15, 0.2) is 47.4 Å². The van der Waals surface area contributed by atoms with Crippen molar-refractivity contribution in [1.29, 1.82) is 0 Å². The van der Waals surface area contributed by atoms with Crippen molar-refractivity contribution in [3.8, 4) is 0 Å². The molecule has 0 amide bonds. The average molecular weight is 396 g/mol. The highest BCUT2D eigenvalue weighted by Gasteiger charge is 2.29. The standard InChI is InChI=1S/C17H18ClN3O4S/c18-15-6-2-1-5-13(15)12-19-16-8-7-14(11-17(16)21(22)23)26(24,25)20-9-3-4-10-20/h1-2,5-8,11,19H,3-4,9-10,12H2. The Balaban J connectivity index is 1.88. The van der Waals surface area contributed by atoms with Crippen molar-refractivity contribution in [2.24, 2.45) is 0 Å². The zero-order valence-electron chi connectivity index (χ0n) is 13.9. The highest BCUT2D eigenvalue weighted by atomic mass is 35.5. The fourth-order valence-corrected chi connectivity index (χ4v) is 4.62. The average Bonchev–Trinajstić information content (AvgIpc) is 3.16. The van der Waals surface area contributed by atoms with E-state index in [0.29, 0.717) is 24.7 Å². The lowest BCUT2D eigenvalue weighted by atomic mass is 10.2. The second kappa shape index (κ2) is 7.61. The smallest absolute Gasteiger partial charge is 0.293 e. The van der Waals surface area contributed by atoms with Gasteiger partial charge in [0.2, 0.25) is 10.0 Å². The van der Waals surface area contributed by atoms with Gasteiger partial charge in [0.25, 0.3) is 5.69 Å². The number of hydrogen-bond donors (Lipinski definition) is 1. The van der Waals surface area contributed by atoms with Crippen LogP contribution in [0.5, 0.6) is 0 Å². The fourth-order valence-electron chi connectivity index (χ4n) is 2.88. The van der Waals surface area contributed by atoms with Gasteiger partial charge in [0, 0.05) is 30.7 Å². The van der Waals surface area contributed by atoms with E-state index in [9.17, 15) is 18.5 Å². The van der Waals surface area contributed by atoms with E-state index in [1.807, 2.05) is 12.1 Å². The molecule has 1 aliphatic heterocycles. The molecule has 0 atom stereocenters. The Morgan fingerprint density at radius 2 is 1.85 bits per heavy atom. The van der Waals surface area contributed by atoms with Gasteiger partial charge in [-0.15, -0.1) is 0 Å². The molecule has 2 aromatic carbocycles. The summed E-state index contributed by atoms with van der Waals surface area (Å²) < 4.78 is 26.6. The van der Waals surface area contributed by atoms with Crippen LogP contribution in [0.1, 0.15) is 18.4 Å². The molecule has 0 aromatic heterocycles. The van der Waals surface area contributed by atoms with Crippen LogP contribution in [0.3, 0.4) is 0 Å². The van der Waals surface area contributed by atoms with Crippen molar-refractivity contribution >= 4 is 33.0 Å². The van der Waals surface area contributed by atoms with Gasteiger partial charge < -0.3 is 5.32 Å². The molecule has 0 aliphatic carbocycles. The monoisotopic (exact) mass is 395 g/mol. The number of nitrogens with zero attached hydrogens (tertiary/aromatic N) is 2. The van der Waals surface area contributed by atoms with Crippen LogP contribution >= 0.6 is 11.6 Å². The van der Waals surface area contributed by atoms with E-state index in [4.69, 9.17) is 11.6 Å². The van der Waals surface area contributed by atoms with Crippen LogP contribution in [-0.4, -0.2) is 30.7 Å². The van der Waals surface area contributed by atoms with Crippen molar-refractivity contribution in [3.05, 3.63) is 63.2 Å². The fraction of sp³-hybridized carbons (Fsp3) is 0.294. The predicted octanol–water partition coefficient (Wildman–Crippen LogP) is 3.64. The van der Waals surface area contributed by atoms with Gasteiger partial charge in [-0.1, -0.05) is 29.8 Å². The molecular formula is C17H18ClN3O4S. The van der Waals surface area contributed by atoms with Gasteiger partial charge in [-0.3, -0.25) is 10.1 Å². The Kier molecular flexibility index (Phi) is 5.45. The van der Waals surface area contributed by atoms with E-state index in [1.165, 1.54) is 16.4 Å². The van der Waals surface area contributed by atoms with E-state index >= 15 is 0 Å². The maximum atomic E-state index is 12.6. The number of nitrogens with one attached hydrogen (secondary N) is 1. The maximum Gasteiger partial charge on any atom is 0.293 e. The van der Waals surface area contributed by atoms with Gasteiger partial charge in [0.15, 0.2) is 0 Å². The van der Waals surface area contributed by atoms with Gasteiger partial charge in [-0.05, 0) is 36.6 Å². The van der Waals surface area contributed by atoms with E-state index < -0.39 is 14.9 Å². The number of nitro groups is 1. The third-order valence-corrected chi connectivity index (χ3v) is 6.56. The number of hydrogen-bond acceptors (Lipinski definition) is 5. The van der Waals surface area contributed by atoms with E-state index in [0.717, 1.165) is 24.5 Å². The lowest BCUT2D eigenvalue weighted by Crippen LogP contribution is -2.27. The van der Waals surface area contributed by atoms with Crippen LogP contribution in [-0.2, 0) is 16.6 Å². The summed E-state index contributed by atoms with van der Waals surface area (Å²) in [7, 11) is -3.71. The summed E-state index contributed by atoms with van der Waals surface area (Å²) in [5.74, 6) is 0. The molecule has 1 N–H and O–H groups in total. The molecule has 0 saturated carbocycles. The molecule has 2 aromatic rings. The van der Waals surface area contributed by atoms with Crippen LogP contribution in [0.4, 0.5) is 11.4 Å². The van der Waals surface area contributed by atoms with Gasteiger partial charge in [0.1, 0.15) is 5.69 Å². The summed E-state index contributed by atoms with van der Waals surface area (Å²) >= 11 is 6.09. The van der Waals surface area contributed by atoms with Crippen LogP contribution in [0.25, 0.3) is 0 Å². The van der Waals surface area contributed by atoms with Crippen LogP contribution in [0.2, 0.25) is 5.02 Å². The highest BCUT2D eigenvalue weighted by molar-refractivity contribution is 7.89. The van der Waals surface area contributed by atoms with Crippen molar-refractivity contribution in [2.75, 3.05) is 18.4 Å². The predicted molar refractivity (Wildman–Crippen MR) is 99.9 cm³/mol. The first-order chi connectivity index (χ1) is 12.4. The van der Waals surface area contributed by atoms with Crippen LogP contribution < -0.4 is 5.32 Å². The van der Waals surface area contributed by atoms with Gasteiger partial charge in [-0.2, -0.15) is 4.31 Å². The molecule has 3 rings (SSSR count). The van der Waals surface area contributed by atoms with Crippen molar-refractivity contribution in [1.82, 2.24) is 4.31 Å². The van der Waals surface area contributed by atoms with Gasteiger partial charge in [0.05, 0.1) is 9.82 Å². The summed E-state index contributed by atoms with van der Waals surface area (Å²) in [4.78, 5) is 10.8. The second-order valence-electron chi connectivity index (χ2n) is 5.99. The minimum Gasteiger partial charge on any atom is -0.375 e. The number of sulfonamides is 1. The molecule has 1 aliphatic rings. The lowest BCUT2D eigenvalue weighted by Gasteiger charge is -2.16. The molecule has 1 heterocycles. The van der Waals surface area contributed by atoms with E-state index in [-0.39, 0.29) is 16.3 Å². The molecule has 7 nitrogen and oxygen atoms in total. The first-order valence-corrected chi connectivity index (χ1v) is 9.97.